The molecule has 0 aliphatic carbocycles. The first-order chi connectivity index (χ1) is 11.2. The minimum Gasteiger partial charge on any atom is -0.497 e. The SMILES string of the molecule is COc1ccc(C2NCCNC2(C)c2ccc(OC)cc2)cc1. The summed E-state index contributed by atoms with van der Waals surface area (Å²) in [6.45, 7) is 4.13. The molecule has 0 saturated carbocycles. The van der Waals surface area contributed by atoms with Gasteiger partial charge in [-0.25, -0.2) is 0 Å². The summed E-state index contributed by atoms with van der Waals surface area (Å²) in [5, 5.41) is 7.35. The number of hydrogen-bond donors (Lipinski definition) is 2. The Bertz CT molecular complexity index is 639. The summed E-state index contributed by atoms with van der Waals surface area (Å²) in [6.07, 6.45) is 0. The summed E-state index contributed by atoms with van der Waals surface area (Å²) >= 11 is 0. The van der Waals surface area contributed by atoms with Crippen LogP contribution in [-0.4, -0.2) is 27.3 Å². The number of benzene rings is 2. The van der Waals surface area contributed by atoms with E-state index in [0.29, 0.717) is 0 Å². The van der Waals surface area contributed by atoms with Gasteiger partial charge in [0.05, 0.1) is 25.8 Å². The minimum atomic E-state index is -0.181. The van der Waals surface area contributed by atoms with Crippen molar-refractivity contribution in [1.82, 2.24) is 10.6 Å². The van der Waals surface area contributed by atoms with Gasteiger partial charge in [0.2, 0.25) is 0 Å². The Hall–Kier alpha value is -2.04. The normalized spacial score (nSPS) is 24.2. The van der Waals surface area contributed by atoms with Gasteiger partial charge in [-0.2, -0.15) is 0 Å². The second-order valence-corrected chi connectivity index (χ2v) is 6.02. The molecule has 1 aliphatic heterocycles. The Balaban J connectivity index is 1.95. The van der Waals surface area contributed by atoms with Crippen molar-refractivity contribution in [3.8, 4) is 11.5 Å². The van der Waals surface area contributed by atoms with Crippen molar-refractivity contribution in [1.29, 1.82) is 0 Å². The summed E-state index contributed by atoms with van der Waals surface area (Å²) in [4.78, 5) is 0. The van der Waals surface area contributed by atoms with Crippen LogP contribution in [0.25, 0.3) is 0 Å². The number of nitrogens with one attached hydrogen (secondary N) is 2. The van der Waals surface area contributed by atoms with Crippen molar-refractivity contribution in [3.05, 3.63) is 59.7 Å². The van der Waals surface area contributed by atoms with E-state index in [9.17, 15) is 0 Å². The predicted octanol–water partition coefficient (Wildman–Crippen LogP) is 2.85. The Kier molecular flexibility index (Phi) is 4.55. The van der Waals surface area contributed by atoms with Crippen LogP contribution in [0.15, 0.2) is 48.5 Å². The molecular weight excluding hydrogens is 288 g/mol. The molecule has 0 bridgehead atoms. The predicted molar refractivity (Wildman–Crippen MR) is 92.1 cm³/mol. The van der Waals surface area contributed by atoms with Crippen molar-refractivity contribution in [2.45, 2.75) is 18.5 Å². The van der Waals surface area contributed by atoms with Crippen LogP contribution < -0.4 is 20.1 Å². The molecule has 2 unspecified atom stereocenters. The molecule has 1 fully saturated rings. The third kappa shape index (κ3) is 3.05. The molecule has 4 heteroatoms. The van der Waals surface area contributed by atoms with Crippen molar-refractivity contribution in [2.24, 2.45) is 0 Å². The van der Waals surface area contributed by atoms with E-state index in [1.54, 1.807) is 14.2 Å². The Morgan fingerprint density at radius 3 is 2.00 bits per heavy atom. The van der Waals surface area contributed by atoms with Crippen molar-refractivity contribution in [3.63, 3.8) is 0 Å². The lowest BCUT2D eigenvalue weighted by atomic mass is 9.79. The molecule has 122 valence electrons. The second-order valence-electron chi connectivity index (χ2n) is 6.02. The lowest BCUT2D eigenvalue weighted by Gasteiger charge is -2.44. The van der Waals surface area contributed by atoms with Crippen LogP contribution in [0.4, 0.5) is 0 Å². The number of methoxy groups -OCH3 is 2. The van der Waals surface area contributed by atoms with E-state index in [2.05, 4.69) is 41.8 Å². The van der Waals surface area contributed by atoms with Crippen LogP contribution in [0, 0.1) is 0 Å². The summed E-state index contributed by atoms with van der Waals surface area (Å²) < 4.78 is 10.5. The molecule has 3 rings (SSSR count). The molecule has 23 heavy (non-hydrogen) atoms. The summed E-state index contributed by atoms with van der Waals surface area (Å²) in [6, 6.07) is 16.8. The average molecular weight is 312 g/mol. The van der Waals surface area contributed by atoms with Crippen molar-refractivity contribution in [2.75, 3.05) is 27.3 Å². The highest BCUT2D eigenvalue weighted by Gasteiger charge is 2.38. The Morgan fingerprint density at radius 1 is 0.870 bits per heavy atom. The molecule has 2 aromatic carbocycles. The van der Waals surface area contributed by atoms with Gasteiger partial charge in [0.15, 0.2) is 0 Å². The number of hydrogen-bond acceptors (Lipinski definition) is 4. The molecule has 0 spiro atoms. The largest absolute Gasteiger partial charge is 0.497 e. The molecule has 1 saturated heterocycles. The highest BCUT2D eigenvalue weighted by molar-refractivity contribution is 5.38. The lowest BCUT2D eigenvalue weighted by molar-refractivity contribution is 0.219. The fraction of sp³-hybridized carbons (Fsp3) is 0.368. The maximum Gasteiger partial charge on any atom is 0.118 e. The zero-order valence-electron chi connectivity index (χ0n) is 13.9. The second kappa shape index (κ2) is 6.60. The summed E-state index contributed by atoms with van der Waals surface area (Å²) in [7, 11) is 3.38. The molecule has 0 amide bonds. The van der Waals surface area contributed by atoms with E-state index >= 15 is 0 Å². The van der Waals surface area contributed by atoms with Gasteiger partial charge in [-0.15, -0.1) is 0 Å². The van der Waals surface area contributed by atoms with E-state index in [4.69, 9.17) is 9.47 Å². The molecule has 0 radical (unpaired) electrons. The lowest BCUT2D eigenvalue weighted by Crippen LogP contribution is -2.56. The third-order valence-corrected chi connectivity index (χ3v) is 4.68. The van der Waals surface area contributed by atoms with Crippen molar-refractivity contribution >= 4 is 0 Å². The van der Waals surface area contributed by atoms with Gasteiger partial charge < -0.3 is 20.1 Å². The van der Waals surface area contributed by atoms with Gasteiger partial charge in [-0.05, 0) is 42.3 Å². The zero-order valence-corrected chi connectivity index (χ0v) is 13.9. The Labute approximate surface area is 137 Å². The fourth-order valence-corrected chi connectivity index (χ4v) is 3.30. The molecule has 2 aromatic rings. The van der Waals surface area contributed by atoms with Gasteiger partial charge in [-0.1, -0.05) is 24.3 Å². The zero-order chi connectivity index (χ0) is 16.3. The van der Waals surface area contributed by atoms with Crippen LogP contribution in [-0.2, 0) is 5.54 Å². The molecule has 4 nitrogen and oxygen atoms in total. The summed E-state index contributed by atoms with van der Waals surface area (Å²) in [5.41, 5.74) is 2.31. The number of ether oxygens (including phenoxy) is 2. The van der Waals surface area contributed by atoms with Crippen LogP contribution in [0.5, 0.6) is 11.5 Å². The van der Waals surface area contributed by atoms with Gasteiger partial charge in [0, 0.05) is 13.1 Å². The first-order valence-electron chi connectivity index (χ1n) is 7.94. The first-order valence-corrected chi connectivity index (χ1v) is 7.94. The summed E-state index contributed by atoms with van der Waals surface area (Å²) in [5.74, 6) is 1.76. The van der Waals surface area contributed by atoms with Crippen molar-refractivity contribution < 1.29 is 9.47 Å². The first kappa shape index (κ1) is 15.8. The van der Waals surface area contributed by atoms with E-state index in [0.717, 1.165) is 24.6 Å². The quantitative estimate of drug-likeness (QED) is 0.911. The van der Waals surface area contributed by atoms with Crippen LogP contribution in [0.1, 0.15) is 24.1 Å². The van der Waals surface area contributed by atoms with E-state index < -0.39 is 0 Å². The maximum atomic E-state index is 5.28. The fourth-order valence-electron chi connectivity index (χ4n) is 3.30. The van der Waals surface area contributed by atoms with Crippen LogP contribution in [0.3, 0.4) is 0 Å². The highest BCUT2D eigenvalue weighted by Crippen LogP contribution is 2.37. The third-order valence-electron chi connectivity index (χ3n) is 4.68. The van der Waals surface area contributed by atoms with E-state index in [-0.39, 0.29) is 11.6 Å². The maximum absolute atomic E-state index is 5.28. The molecule has 2 N–H and O–H groups in total. The van der Waals surface area contributed by atoms with Gasteiger partial charge in [0.25, 0.3) is 0 Å². The van der Waals surface area contributed by atoms with Gasteiger partial charge in [0.1, 0.15) is 11.5 Å². The van der Waals surface area contributed by atoms with Crippen LogP contribution in [0.2, 0.25) is 0 Å². The molecule has 1 heterocycles. The van der Waals surface area contributed by atoms with Gasteiger partial charge in [-0.3, -0.25) is 0 Å². The highest BCUT2D eigenvalue weighted by atomic mass is 16.5. The number of piperazine rings is 1. The van der Waals surface area contributed by atoms with E-state index in [1.807, 2.05) is 24.3 Å². The van der Waals surface area contributed by atoms with E-state index in [1.165, 1.54) is 11.1 Å². The van der Waals surface area contributed by atoms with Gasteiger partial charge >= 0.3 is 0 Å². The number of rotatable bonds is 4. The monoisotopic (exact) mass is 312 g/mol. The molecule has 0 aromatic heterocycles. The van der Waals surface area contributed by atoms with Crippen LogP contribution >= 0.6 is 0 Å². The Morgan fingerprint density at radius 2 is 1.43 bits per heavy atom. The molecule has 1 aliphatic rings. The standard InChI is InChI=1S/C19H24N2O2/c1-19(15-6-10-17(23-3)11-7-15)18(20-12-13-21-19)14-4-8-16(22-2)9-5-14/h4-11,18,20-21H,12-13H2,1-3H3. The topological polar surface area (TPSA) is 42.5 Å². The molecule has 2 atom stereocenters. The smallest absolute Gasteiger partial charge is 0.118 e. The average Bonchev–Trinajstić information content (AvgIpc) is 2.62. The minimum absolute atomic E-state index is 0.181. The molecular formula is C19H24N2O2.